The summed E-state index contributed by atoms with van der Waals surface area (Å²) in [4.78, 5) is 4.79. The van der Waals surface area contributed by atoms with Crippen LogP contribution in [0.15, 0.2) is 22.1 Å². The molecule has 0 heterocycles. The van der Waals surface area contributed by atoms with Gasteiger partial charge < -0.3 is 0 Å². The third kappa shape index (κ3) is 6.21. The molecule has 0 unspecified atom stereocenters. The van der Waals surface area contributed by atoms with Crippen molar-refractivity contribution in [3.8, 4) is 0 Å². The van der Waals surface area contributed by atoms with Crippen molar-refractivity contribution in [3.05, 3.63) is 22.1 Å². The van der Waals surface area contributed by atoms with E-state index in [4.69, 9.17) is 0 Å². The predicted octanol–water partition coefficient (Wildman–Crippen LogP) is 5.32. The molecular weight excluding hydrogens is 362 g/mol. The first-order chi connectivity index (χ1) is 9.38. The Labute approximate surface area is 132 Å². The van der Waals surface area contributed by atoms with Crippen LogP contribution in [0.3, 0.4) is 0 Å². The van der Waals surface area contributed by atoms with Crippen LogP contribution in [0.5, 0.6) is 0 Å². The first-order valence-electron chi connectivity index (χ1n) is 8.00. The molecule has 0 saturated heterocycles. The summed E-state index contributed by atoms with van der Waals surface area (Å²) in [6, 6.07) is 0. The van der Waals surface area contributed by atoms with E-state index in [1.807, 2.05) is 0 Å². The van der Waals surface area contributed by atoms with Gasteiger partial charge in [0.1, 0.15) is 0 Å². The molecule has 2 fully saturated rings. The molecular formula is C17H28Se2. The number of hydrogen-bond donors (Lipinski definition) is 0. The van der Waals surface area contributed by atoms with Crippen LogP contribution in [0.2, 0.25) is 9.63 Å². The van der Waals surface area contributed by atoms with Crippen molar-refractivity contribution in [2.75, 3.05) is 0 Å². The molecule has 0 atom stereocenters. The van der Waals surface area contributed by atoms with Gasteiger partial charge in [0.05, 0.1) is 0 Å². The summed E-state index contributed by atoms with van der Waals surface area (Å²) in [5.41, 5.74) is 0. The second-order valence-corrected chi connectivity index (χ2v) is 11.3. The van der Waals surface area contributed by atoms with Crippen molar-refractivity contribution in [3.63, 3.8) is 0 Å². The van der Waals surface area contributed by atoms with Gasteiger partial charge in [-0.3, -0.25) is 0 Å². The Hall–Kier alpha value is 0.519. The minimum absolute atomic E-state index is 0.769. The topological polar surface area (TPSA) is 0 Å². The number of allylic oxidation sites excluding steroid dienone is 2. The monoisotopic (exact) mass is 392 g/mol. The zero-order valence-corrected chi connectivity index (χ0v) is 15.5. The Morgan fingerprint density at radius 1 is 0.895 bits per heavy atom. The Bertz CT molecular complexity index is 284. The number of hydrogen-bond acceptors (Lipinski definition) is 0. The van der Waals surface area contributed by atoms with E-state index in [-0.39, 0.29) is 0 Å². The van der Waals surface area contributed by atoms with Crippen LogP contribution in [-0.4, -0.2) is 29.9 Å². The van der Waals surface area contributed by atoms with Crippen molar-refractivity contribution in [1.29, 1.82) is 0 Å². The summed E-state index contributed by atoms with van der Waals surface area (Å²) < 4.78 is 1.78. The van der Waals surface area contributed by atoms with Crippen molar-refractivity contribution < 1.29 is 0 Å². The number of rotatable bonds is 6. The average molecular weight is 390 g/mol. The third-order valence-electron chi connectivity index (χ3n) is 4.16. The molecule has 2 aliphatic carbocycles. The van der Waals surface area contributed by atoms with Gasteiger partial charge in [-0.15, -0.1) is 0 Å². The molecule has 2 saturated carbocycles. The molecule has 0 aromatic heterocycles. The molecule has 0 spiro atoms. The van der Waals surface area contributed by atoms with E-state index in [0.29, 0.717) is 0 Å². The Balaban J connectivity index is 1.80. The van der Waals surface area contributed by atoms with Crippen molar-refractivity contribution in [2.45, 2.75) is 80.3 Å². The molecule has 0 amide bonds. The van der Waals surface area contributed by atoms with E-state index >= 15 is 0 Å². The Morgan fingerprint density at radius 3 is 2.05 bits per heavy atom. The van der Waals surface area contributed by atoms with E-state index < -0.39 is 0 Å². The van der Waals surface area contributed by atoms with E-state index in [0.717, 1.165) is 39.5 Å². The summed E-state index contributed by atoms with van der Waals surface area (Å²) in [5.74, 6) is 0. The maximum absolute atomic E-state index is 3.96. The first kappa shape index (κ1) is 15.9. The van der Waals surface area contributed by atoms with E-state index in [1.165, 1.54) is 70.6 Å². The van der Waals surface area contributed by atoms with Gasteiger partial charge in [0.15, 0.2) is 0 Å². The van der Waals surface area contributed by atoms with E-state index in [9.17, 15) is 0 Å². The quantitative estimate of drug-likeness (QED) is 0.426. The fraction of sp³-hybridized carbons (Fsp3) is 0.765. The molecule has 2 heteroatoms. The molecule has 0 aromatic rings. The van der Waals surface area contributed by atoms with Crippen LogP contribution in [0.25, 0.3) is 0 Å². The first-order valence-corrected chi connectivity index (χ1v) is 11.8. The van der Waals surface area contributed by atoms with E-state index in [2.05, 4.69) is 17.6 Å². The maximum atomic E-state index is 3.96. The van der Waals surface area contributed by atoms with Crippen LogP contribution < -0.4 is 0 Å². The zero-order valence-electron chi connectivity index (χ0n) is 12.1. The molecule has 0 N–H and O–H groups in total. The van der Waals surface area contributed by atoms with Crippen LogP contribution in [-0.2, 0) is 0 Å². The fourth-order valence-electron chi connectivity index (χ4n) is 3.04. The third-order valence-corrected chi connectivity index (χ3v) is 10.5. The van der Waals surface area contributed by atoms with Gasteiger partial charge in [0, 0.05) is 0 Å². The summed E-state index contributed by atoms with van der Waals surface area (Å²) in [7, 11) is 0. The second-order valence-electron chi connectivity index (χ2n) is 5.85. The average Bonchev–Trinajstić information content (AvgIpc) is 2.47. The zero-order chi connectivity index (χ0) is 13.3. The predicted molar refractivity (Wildman–Crippen MR) is 88.1 cm³/mol. The standard InChI is InChI=1S/C17H28Se2/c1-2-9-17(19-16-12-7-4-8-13-16)14-18-15-10-5-3-6-11-15/h2,14-16H,1,3-13H2/b17-14-. The summed E-state index contributed by atoms with van der Waals surface area (Å²) in [5, 5.41) is 0. The SMILES string of the molecule is C=CC/C(=C/[Se]C1CCCCC1)[Se]C1CCCCC1. The molecule has 0 aromatic carbocycles. The molecule has 19 heavy (non-hydrogen) atoms. The Kier molecular flexibility index (Phi) is 7.91. The molecule has 0 radical (unpaired) electrons. The van der Waals surface area contributed by atoms with Gasteiger partial charge in [-0.05, 0) is 0 Å². The van der Waals surface area contributed by atoms with Crippen molar-refractivity contribution in [1.82, 2.24) is 0 Å². The normalized spacial score (nSPS) is 23.5. The van der Waals surface area contributed by atoms with Crippen LogP contribution in [0.1, 0.15) is 70.6 Å². The molecule has 2 aliphatic rings. The minimum atomic E-state index is 0.769. The van der Waals surface area contributed by atoms with Gasteiger partial charge >= 0.3 is 132 Å². The summed E-state index contributed by atoms with van der Waals surface area (Å²) in [6.45, 7) is 3.96. The molecule has 2 rings (SSSR count). The molecule has 0 aliphatic heterocycles. The van der Waals surface area contributed by atoms with Crippen LogP contribution in [0, 0.1) is 0 Å². The van der Waals surface area contributed by atoms with E-state index in [1.54, 1.807) is 4.47 Å². The molecule has 0 nitrogen and oxygen atoms in total. The summed E-state index contributed by atoms with van der Waals surface area (Å²) in [6.07, 6.45) is 18.3. The Morgan fingerprint density at radius 2 is 1.47 bits per heavy atom. The van der Waals surface area contributed by atoms with Crippen LogP contribution >= 0.6 is 0 Å². The second kappa shape index (κ2) is 9.45. The van der Waals surface area contributed by atoms with Crippen molar-refractivity contribution in [2.24, 2.45) is 0 Å². The van der Waals surface area contributed by atoms with Gasteiger partial charge in [0.25, 0.3) is 0 Å². The molecule has 108 valence electrons. The van der Waals surface area contributed by atoms with Crippen LogP contribution in [0.4, 0.5) is 0 Å². The van der Waals surface area contributed by atoms with Gasteiger partial charge in [-0.1, -0.05) is 0 Å². The van der Waals surface area contributed by atoms with Gasteiger partial charge in [-0.2, -0.15) is 0 Å². The fourth-order valence-corrected chi connectivity index (χ4v) is 9.10. The summed E-state index contributed by atoms with van der Waals surface area (Å²) >= 11 is 1.54. The van der Waals surface area contributed by atoms with Gasteiger partial charge in [0.2, 0.25) is 0 Å². The van der Waals surface area contributed by atoms with Crippen molar-refractivity contribution >= 4 is 29.9 Å². The van der Waals surface area contributed by atoms with Gasteiger partial charge in [-0.25, -0.2) is 0 Å². The molecule has 0 bridgehead atoms.